The van der Waals surface area contributed by atoms with Crippen molar-refractivity contribution in [3.8, 4) is 11.5 Å². The van der Waals surface area contributed by atoms with Crippen LogP contribution >= 0.6 is 23.2 Å². The van der Waals surface area contributed by atoms with Crippen LogP contribution in [-0.4, -0.2) is 46.3 Å². The molecule has 0 aliphatic heterocycles. The first kappa shape index (κ1) is 37.5. The number of benzene rings is 3. The van der Waals surface area contributed by atoms with E-state index >= 15 is 0 Å². The van der Waals surface area contributed by atoms with Crippen LogP contribution in [0, 0.1) is 6.92 Å². The number of nitrogens with zero attached hydrogens (tertiary/aromatic N) is 4. The Morgan fingerprint density at radius 2 is 1.63 bits per heavy atom. The fraction of sp³-hybridized carbons (Fsp3) is 0.122. The van der Waals surface area contributed by atoms with Gasteiger partial charge in [0, 0.05) is 70.7 Å². The van der Waals surface area contributed by atoms with E-state index in [1.165, 1.54) is 11.0 Å². The van der Waals surface area contributed by atoms with Gasteiger partial charge in [-0.1, -0.05) is 47.5 Å². The van der Waals surface area contributed by atoms with Gasteiger partial charge in [-0.05, 0) is 79.2 Å². The van der Waals surface area contributed by atoms with Gasteiger partial charge in [0.2, 0.25) is 11.8 Å². The number of halogens is 2. The lowest BCUT2D eigenvalue weighted by Crippen LogP contribution is -2.37. The third-order valence-corrected chi connectivity index (χ3v) is 9.00. The minimum Gasteiger partial charge on any atom is -0.487 e. The average molecular weight is 762 g/mol. The molecule has 0 aliphatic carbocycles. The van der Waals surface area contributed by atoms with Gasteiger partial charge in [0.05, 0.1) is 22.9 Å². The molecular formula is C41H34Cl2N6O5. The van der Waals surface area contributed by atoms with E-state index < -0.39 is 11.8 Å². The highest BCUT2D eigenvalue weighted by Gasteiger charge is 2.20. The smallest absolute Gasteiger partial charge is 0.255 e. The molecule has 3 heterocycles. The van der Waals surface area contributed by atoms with Crippen molar-refractivity contribution >= 4 is 69.3 Å². The molecule has 6 rings (SSSR count). The van der Waals surface area contributed by atoms with E-state index in [1.54, 1.807) is 86.3 Å². The summed E-state index contributed by atoms with van der Waals surface area (Å²) in [6.45, 7) is 1.87. The van der Waals surface area contributed by atoms with Crippen LogP contribution in [0.3, 0.4) is 0 Å². The van der Waals surface area contributed by atoms with Crippen LogP contribution in [0.2, 0.25) is 10.0 Å². The summed E-state index contributed by atoms with van der Waals surface area (Å²) in [6.07, 6.45) is 7.79. The van der Waals surface area contributed by atoms with Crippen LogP contribution in [0.25, 0.3) is 17.0 Å². The molecule has 3 aromatic carbocycles. The highest BCUT2D eigenvalue weighted by Crippen LogP contribution is 2.36. The van der Waals surface area contributed by atoms with Gasteiger partial charge in [0.15, 0.2) is 0 Å². The van der Waals surface area contributed by atoms with Crippen molar-refractivity contribution in [3.63, 3.8) is 0 Å². The molecule has 0 spiro atoms. The lowest BCUT2D eigenvalue weighted by molar-refractivity contribution is -0.122. The molecule has 0 bridgehead atoms. The van der Waals surface area contributed by atoms with Crippen LogP contribution in [-0.2, 0) is 22.8 Å². The van der Waals surface area contributed by atoms with Gasteiger partial charge in [0.1, 0.15) is 30.2 Å². The number of anilines is 2. The fourth-order valence-corrected chi connectivity index (χ4v) is 5.95. The number of hydrogen-bond acceptors (Lipinski definition) is 8. The Hall–Kier alpha value is -6.30. The second-order valence-electron chi connectivity index (χ2n) is 12.0. The number of likely N-dealkylation sites (N-methyl/N-ethyl adjacent to an activating group) is 1. The maximum atomic E-state index is 13.1. The second-order valence-corrected chi connectivity index (χ2v) is 12.8. The summed E-state index contributed by atoms with van der Waals surface area (Å²) in [7, 11) is 1.56. The number of nitrogens with one attached hydrogen (secondary N) is 2. The van der Waals surface area contributed by atoms with Crippen LogP contribution in [0.4, 0.5) is 11.4 Å². The molecule has 0 fully saturated rings. The standard InChI is InChI=1S/C41H34Cl2N6O5/c1-26-22-36(53-24-30-6-3-4-19-45-30)31-7-5-8-35(40(31)47-26)54-25-32-33(42)14-15-34(39(32)43)49(2)38(51)23-46-37(50)16-11-27-9-12-28(13-10-27)41(52)48-29-17-20-44-21-18-29/h3-22H,23-25H2,1-2H3,(H,46,50)(H,44,48,52). The van der Waals surface area contributed by atoms with Crippen molar-refractivity contribution in [2.24, 2.45) is 0 Å². The Kier molecular flexibility index (Phi) is 12.1. The normalized spacial score (nSPS) is 11.0. The van der Waals surface area contributed by atoms with E-state index in [2.05, 4.69) is 20.6 Å². The second kappa shape index (κ2) is 17.5. The van der Waals surface area contributed by atoms with E-state index in [-0.39, 0.29) is 24.1 Å². The highest BCUT2D eigenvalue weighted by molar-refractivity contribution is 6.38. The fourth-order valence-electron chi connectivity index (χ4n) is 5.34. The van der Waals surface area contributed by atoms with E-state index in [4.69, 9.17) is 37.7 Å². The maximum Gasteiger partial charge on any atom is 0.255 e. The third-order valence-electron chi connectivity index (χ3n) is 8.22. The Morgan fingerprint density at radius 1 is 0.852 bits per heavy atom. The molecule has 0 saturated heterocycles. The number of carbonyl (C=O) groups is 3. The number of carbonyl (C=O) groups excluding carboxylic acids is 3. The zero-order chi connectivity index (χ0) is 38.0. The molecule has 2 N–H and O–H groups in total. The topological polar surface area (TPSA) is 136 Å². The van der Waals surface area contributed by atoms with Gasteiger partial charge in [-0.25, -0.2) is 4.98 Å². The minimum atomic E-state index is -0.475. The first-order chi connectivity index (χ1) is 26.2. The van der Waals surface area contributed by atoms with Crippen LogP contribution < -0.4 is 25.0 Å². The molecule has 6 aromatic rings. The van der Waals surface area contributed by atoms with Crippen molar-refractivity contribution in [3.05, 3.63) is 154 Å². The van der Waals surface area contributed by atoms with Gasteiger partial charge in [0.25, 0.3) is 5.91 Å². The molecule has 0 radical (unpaired) electrons. The number of amides is 3. The minimum absolute atomic E-state index is 0.00960. The predicted octanol–water partition coefficient (Wildman–Crippen LogP) is 7.84. The molecule has 3 aromatic heterocycles. The van der Waals surface area contributed by atoms with Crippen molar-refractivity contribution in [1.82, 2.24) is 20.3 Å². The summed E-state index contributed by atoms with van der Waals surface area (Å²) in [5.74, 6) is -0.0142. The summed E-state index contributed by atoms with van der Waals surface area (Å²) in [5.41, 5.74) is 4.79. The first-order valence-electron chi connectivity index (χ1n) is 16.7. The summed E-state index contributed by atoms with van der Waals surface area (Å²) in [4.78, 5) is 52.5. The lowest BCUT2D eigenvalue weighted by atomic mass is 10.1. The zero-order valence-electron chi connectivity index (χ0n) is 29.3. The summed E-state index contributed by atoms with van der Waals surface area (Å²) >= 11 is 13.4. The lowest BCUT2D eigenvalue weighted by Gasteiger charge is -2.21. The van der Waals surface area contributed by atoms with Crippen LogP contribution in [0.5, 0.6) is 11.5 Å². The van der Waals surface area contributed by atoms with Gasteiger partial charge in [-0.3, -0.25) is 24.4 Å². The van der Waals surface area contributed by atoms with Crippen LogP contribution in [0.15, 0.2) is 116 Å². The molecule has 0 unspecified atom stereocenters. The van der Waals surface area contributed by atoms with Crippen molar-refractivity contribution in [2.45, 2.75) is 20.1 Å². The molecular weight excluding hydrogens is 727 g/mol. The van der Waals surface area contributed by atoms with Crippen molar-refractivity contribution in [1.29, 1.82) is 0 Å². The number of ether oxygens (including phenoxy) is 2. The van der Waals surface area contributed by atoms with Gasteiger partial charge < -0.3 is 25.0 Å². The van der Waals surface area contributed by atoms with Crippen molar-refractivity contribution < 1.29 is 23.9 Å². The number of aromatic nitrogens is 3. The molecule has 0 aliphatic rings. The van der Waals surface area contributed by atoms with E-state index in [9.17, 15) is 14.4 Å². The van der Waals surface area contributed by atoms with Gasteiger partial charge in [-0.2, -0.15) is 0 Å². The van der Waals surface area contributed by atoms with Gasteiger partial charge >= 0.3 is 0 Å². The Morgan fingerprint density at radius 3 is 2.39 bits per heavy atom. The Bertz CT molecular complexity index is 2320. The SMILES string of the molecule is Cc1cc(OCc2ccccn2)c2cccc(OCc3c(Cl)ccc(N(C)C(=O)CNC(=O)C=Cc4ccc(C(=O)Nc5ccncc5)cc4)c3Cl)c2n1. The maximum absolute atomic E-state index is 13.1. The third kappa shape index (κ3) is 9.37. The summed E-state index contributed by atoms with van der Waals surface area (Å²) in [6, 6.07) is 26.4. The number of para-hydroxylation sites is 1. The molecule has 13 heteroatoms. The molecule has 3 amide bonds. The number of rotatable bonds is 13. The predicted molar refractivity (Wildman–Crippen MR) is 210 cm³/mol. The quantitative estimate of drug-likeness (QED) is 0.114. The zero-order valence-corrected chi connectivity index (χ0v) is 30.8. The van der Waals surface area contributed by atoms with Crippen LogP contribution in [0.1, 0.15) is 32.9 Å². The number of aryl methyl sites for hydroxylation is 1. The van der Waals surface area contributed by atoms with E-state index in [1.807, 2.05) is 43.3 Å². The van der Waals surface area contributed by atoms with Gasteiger partial charge in [-0.15, -0.1) is 0 Å². The van der Waals surface area contributed by atoms with Crippen molar-refractivity contribution in [2.75, 3.05) is 23.8 Å². The number of pyridine rings is 3. The summed E-state index contributed by atoms with van der Waals surface area (Å²) < 4.78 is 12.4. The molecule has 272 valence electrons. The molecule has 0 saturated carbocycles. The largest absolute Gasteiger partial charge is 0.487 e. The number of fused-ring (bicyclic) bond motifs is 1. The Balaban J connectivity index is 1.06. The molecule has 11 nitrogen and oxygen atoms in total. The first-order valence-corrected chi connectivity index (χ1v) is 17.5. The molecule has 54 heavy (non-hydrogen) atoms. The Labute approximate surface area is 321 Å². The molecule has 0 atom stereocenters. The highest BCUT2D eigenvalue weighted by atomic mass is 35.5. The number of hydrogen-bond donors (Lipinski definition) is 2. The monoisotopic (exact) mass is 760 g/mol. The summed E-state index contributed by atoms with van der Waals surface area (Å²) in [5, 5.41) is 6.73. The van der Waals surface area contributed by atoms with E-state index in [0.717, 1.165) is 16.8 Å². The van der Waals surface area contributed by atoms with E-state index in [0.29, 0.717) is 56.7 Å². The average Bonchev–Trinajstić information content (AvgIpc) is 3.19.